The largest absolute Gasteiger partial charge is 0.501 e. The molecule has 1 aromatic carbocycles. The minimum atomic E-state index is 0.0152. The van der Waals surface area contributed by atoms with E-state index in [9.17, 15) is 4.79 Å². The fourth-order valence-corrected chi connectivity index (χ4v) is 3.87. The fourth-order valence-electron chi connectivity index (χ4n) is 3.87. The van der Waals surface area contributed by atoms with E-state index in [1.807, 2.05) is 12.1 Å². The highest BCUT2D eigenvalue weighted by Gasteiger charge is 2.31. The molecular formula is C20H28N2O3. The summed E-state index contributed by atoms with van der Waals surface area (Å²) < 4.78 is 10.5. The van der Waals surface area contributed by atoms with Crippen molar-refractivity contribution < 1.29 is 14.3 Å². The number of carbonyl (C=O) groups is 1. The smallest absolute Gasteiger partial charge is 0.250 e. The van der Waals surface area contributed by atoms with Crippen molar-refractivity contribution in [1.29, 1.82) is 0 Å². The van der Waals surface area contributed by atoms with Gasteiger partial charge >= 0.3 is 0 Å². The number of nitrogens with one attached hydrogen (secondary N) is 1. The molecule has 3 rings (SSSR count). The van der Waals surface area contributed by atoms with Crippen LogP contribution in [0.4, 0.5) is 0 Å². The number of amides is 1. The molecule has 0 radical (unpaired) electrons. The number of likely N-dealkylation sites (tertiary alicyclic amines) is 1. The van der Waals surface area contributed by atoms with E-state index >= 15 is 0 Å². The Hall–Kier alpha value is -2.01. The van der Waals surface area contributed by atoms with Crippen molar-refractivity contribution in [2.75, 3.05) is 33.9 Å². The molecular weight excluding hydrogens is 316 g/mol. The minimum absolute atomic E-state index is 0.0152. The Labute approximate surface area is 150 Å². The lowest BCUT2D eigenvalue weighted by Gasteiger charge is -2.39. The Bertz CT molecular complexity index is 612. The topological polar surface area (TPSA) is 50.8 Å². The molecule has 0 aliphatic carbocycles. The predicted octanol–water partition coefficient (Wildman–Crippen LogP) is 2.89. The monoisotopic (exact) mass is 344 g/mol. The lowest BCUT2D eigenvalue weighted by molar-refractivity contribution is -0.118. The highest BCUT2D eigenvalue weighted by atomic mass is 16.5. The predicted molar refractivity (Wildman–Crippen MR) is 97.4 cm³/mol. The van der Waals surface area contributed by atoms with E-state index in [0.717, 1.165) is 43.6 Å². The highest BCUT2D eigenvalue weighted by molar-refractivity contribution is 5.93. The zero-order valence-electron chi connectivity index (χ0n) is 15.2. The van der Waals surface area contributed by atoms with Gasteiger partial charge in [0.1, 0.15) is 5.75 Å². The van der Waals surface area contributed by atoms with Crippen molar-refractivity contribution in [3.63, 3.8) is 0 Å². The Balaban J connectivity index is 1.66. The van der Waals surface area contributed by atoms with Crippen LogP contribution in [0, 0.1) is 5.92 Å². The van der Waals surface area contributed by atoms with Crippen LogP contribution in [0.15, 0.2) is 36.1 Å². The summed E-state index contributed by atoms with van der Waals surface area (Å²) in [4.78, 5) is 14.8. The van der Waals surface area contributed by atoms with Crippen LogP contribution >= 0.6 is 0 Å². The number of hydrogen-bond acceptors (Lipinski definition) is 4. The first-order chi connectivity index (χ1) is 12.2. The van der Waals surface area contributed by atoms with E-state index in [1.165, 1.54) is 5.56 Å². The van der Waals surface area contributed by atoms with Crippen molar-refractivity contribution in [1.82, 2.24) is 10.2 Å². The third-order valence-electron chi connectivity index (χ3n) is 5.21. The van der Waals surface area contributed by atoms with E-state index in [1.54, 1.807) is 13.4 Å². The first-order valence-electron chi connectivity index (χ1n) is 9.12. The van der Waals surface area contributed by atoms with Crippen LogP contribution in [0.5, 0.6) is 5.75 Å². The number of methoxy groups -OCH3 is 1. The van der Waals surface area contributed by atoms with Crippen LogP contribution in [-0.4, -0.2) is 44.7 Å². The number of rotatable bonds is 5. The molecule has 25 heavy (non-hydrogen) atoms. The second-order valence-electron chi connectivity index (χ2n) is 6.93. The van der Waals surface area contributed by atoms with Gasteiger partial charge < -0.3 is 14.8 Å². The molecule has 136 valence electrons. The minimum Gasteiger partial charge on any atom is -0.501 e. The van der Waals surface area contributed by atoms with Gasteiger partial charge in [-0.3, -0.25) is 9.69 Å². The molecule has 1 fully saturated rings. The lowest BCUT2D eigenvalue weighted by atomic mass is 9.84. The van der Waals surface area contributed by atoms with Gasteiger partial charge in [0.05, 0.1) is 25.6 Å². The molecule has 5 heteroatoms. The zero-order chi connectivity index (χ0) is 17.6. The third kappa shape index (κ3) is 4.34. The van der Waals surface area contributed by atoms with Crippen molar-refractivity contribution in [3.8, 4) is 5.75 Å². The molecule has 0 spiro atoms. The van der Waals surface area contributed by atoms with Crippen LogP contribution in [0.2, 0.25) is 0 Å². The standard InChI is InChI=1S/C20H28N2O3/c1-22-11-3-5-16(13-21-20(23)17-6-4-12-25-14-17)19(22)15-7-9-18(24-2)10-8-15/h7-10,14,16,19H,3-6,11-13H2,1-2H3,(H,21,23)/t16-,19-/m0/s1. The number of piperidine rings is 1. The van der Waals surface area contributed by atoms with Crippen molar-refractivity contribution in [2.45, 2.75) is 31.7 Å². The first kappa shape index (κ1) is 17.8. The van der Waals surface area contributed by atoms with E-state index in [0.29, 0.717) is 25.1 Å². The van der Waals surface area contributed by atoms with Crippen LogP contribution in [0.25, 0.3) is 0 Å². The van der Waals surface area contributed by atoms with Crippen molar-refractivity contribution >= 4 is 5.91 Å². The van der Waals surface area contributed by atoms with Crippen LogP contribution in [-0.2, 0) is 9.53 Å². The molecule has 0 bridgehead atoms. The van der Waals surface area contributed by atoms with Crippen LogP contribution < -0.4 is 10.1 Å². The quantitative estimate of drug-likeness (QED) is 0.892. The molecule has 0 saturated carbocycles. The SMILES string of the molecule is COc1ccc([C@H]2[C@H](CNC(=O)C3=COCCC3)CCCN2C)cc1. The maximum absolute atomic E-state index is 12.4. The van der Waals surface area contributed by atoms with Crippen molar-refractivity contribution in [2.24, 2.45) is 5.92 Å². The fraction of sp³-hybridized carbons (Fsp3) is 0.550. The van der Waals surface area contributed by atoms with E-state index < -0.39 is 0 Å². The first-order valence-corrected chi connectivity index (χ1v) is 9.12. The number of hydrogen-bond donors (Lipinski definition) is 1. The summed E-state index contributed by atoms with van der Waals surface area (Å²) in [7, 11) is 3.85. The van der Waals surface area contributed by atoms with E-state index in [-0.39, 0.29) is 5.91 Å². The molecule has 2 atom stereocenters. The van der Waals surface area contributed by atoms with Gasteiger partial charge in [-0.05, 0) is 62.9 Å². The summed E-state index contributed by atoms with van der Waals surface area (Å²) in [5.41, 5.74) is 2.04. The van der Waals surface area contributed by atoms with Gasteiger partial charge in [0.25, 0.3) is 0 Å². The van der Waals surface area contributed by atoms with Gasteiger partial charge in [0.2, 0.25) is 5.91 Å². The van der Waals surface area contributed by atoms with E-state index in [2.05, 4.69) is 29.4 Å². The Kier molecular flexibility index (Phi) is 5.97. The van der Waals surface area contributed by atoms with Crippen LogP contribution in [0.1, 0.15) is 37.3 Å². The van der Waals surface area contributed by atoms with Gasteiger partial charge in [0.15, 0.2) is 0 Å². The molecule has 0 aromatic heterocycles. The maximum Gasteiger partial charge on any atom is 0.250 e. The Morgan fingerprint density at radius 3 is 2.80 bits per heavy atom. The second kappa shape index (κ2) is 8.39. The van der Waals surface area contributed by atoms with Crippen molar-refractivity contribution in [3.05, 3.63) is 41.7 Å². The van der Waals surface area contributed by atoms with Gasteiger partial charge in [0, 0.05) is 12.6 Å². The summed E-state index contributed by atoms with van der Waals surface area (Å²) in [6, 6.07) is 8.61. The number of benzene rings is 1. The normalized spacial score (nSPS) is 24.2. The maximum atomic E-state index is 12.4. The molecule has 5 nitrogen and oxygen atoms in total. The molecule has 2 heterocycles. The van der Waals surface area contributed by atoms with Gasteiger partial charge in [-0.1, -0.05) is 12.1 Å². The van der Waals surface area contributed by atoms with E-state index in [4.69, 9.17) is 9.47 Å². The number of carbonyl (C=O) groups excluding carboxylic acids is 1. The molecule has 0 unspecified atom stereocenters. The molecule has 2 aliphatic rings. The number of ether oxygens (including phenoxy) is 2. The van der Waals surface area contributed by atoms with Gasteiger partial charge in [-0.2, -0.15) is 0 Å². The second-order valence-corrected chi connectivity index (χ2v) is 6.93. The number of nitrogens with zero attached hydrogens (tertiary/aromatic N) is 1. The van der Waals surface area contributed by atoms with Gasteiger partial charge in [-0.25, -0.2) is 0 Å². The zero-order valence-corrected chi connectivity index (χ0v) is 15.2. The summed E-state index contributed by atoms with van der Waals surface area (Å²) in [6.45, 7) is 2.49. The summed E-state index contributed by atoms with van der Waals surface area (Å²) in [6.07, 6.45) is 5.62. The molecule has 1 aromatic rings. The molecule has 1 N–H and O–H groups in total. The molecule has 1 amide bonds. The average Bonchev–Trinajstić information content (AvgIpc) is 2.67. The van der Waals surface area contributed by atoms with Gasteiger partial charge in [-0.15, -0.1) is 0 Å². The Morgan fingerprint density at radius 2 is 2.12 bits per heavy atom. The average molecular weight is 344 g/mol. The highest BCUT2D eigenvalue weighted by Crippen LogP contribution is 2.35. The molecule has 2 aliphatic heterocycles. The van der Waals surface area contributed by atoms with Crippen LogP contribution in [0.3, 0.4) is 0 Å². The third-order valence-corrected chi connectivity index (χ3v) is 5.21. The Morgan fingerprint density at radius 1 is 1.32 bits per heavy atom. The summed E-state index contributed by atoms with van der Waals surface area (Å²) in [5.74, 6) is 1.29. The summed E-state index contributed by atoms with van der Waals surface area (Å²) in [5, 5.41) is 3.13. The molecule has 1 saturated heterocycles. The summed E-state index contributed by atoms with van der Waals surface area (Å²) >= 11 is 0. The lowest BCUT2D eigenvalue weighted by Crippen LogP contribution is -2.42.